The van der Waals surface area contributed by atoms with E-state index in [0.29, 0.717) is 12.2 Å². The fourth-order valence-corrected chi connectivity index (χ4v) is 2.96. The van der Waals surface area contributed by atoms with Gasteiger partial charge in [0.05, 0.1) is 5.69 Å². The first kappa shape index (κ1) is 13.7. The van der Waals surface area contributed by atoms with Crippen LogP contribution in [0.25, 0.3) is 5.69 Å². The molecule has 0 saturated carbocycles. The Balaban J connectivity index is 1.81. The van der Waals surface area contributed by atoms with E-state index in [-0.39, 0.29) is 17.6 Å². The summed E-state index contributed by atoms with van der Waals surface area (Å²) in [5.74, 6) is 0.166. The Hall–Kier alpha value is -2.95. The van der Waals surface area contributed by atoms with Gasteiger partial charge in [0.25, 0.3) is 0 Å². The third-order valence-corrected chi connectivity index (χ3v) is 4.08. The molecular weight excluding hydrogens is 293 g/mol. The maximum absolute atomic E-state index is 13.2. The van der Waals surface area contributed by atoms with E-state index < -0.39 is 0 Å². The zero-order chi connectivity index (χ0) is 15.8. The largest absolute Gasteiger partial charge is 0.310 e. The minimum absolute atomic E-state index is 0.0653. The van der Waals surface area contributed by atoms with Gasteiger partial charge >= 0.3 is 0 Å². The van der Waals surface area contributed by atoms with Crippen molar-refractivity contribution < 1.29 is 9.18 Å². The van der Waals surface area contributed by atoms with Crippen molar-refractivity contribution in [3.63, 3.8) is 0 Å². The van der Waals surface area contributed by atoms with Gasteiger partial charge in [0.1, 0.15) is 18.0 Å². The first-order valence-electron chi connectivity index (χ1n) is 7.40. The fourth-order valence-electron chi connectivity index (χ4n) is 2.96. The summed E-state index contributed by atoms with van der Waals surface area (Å²) in [7, 11) is 0. The smallest absolute Gasteiger partial charge is 0.226 e. The summed E-state index contributed by atoms with van der Waals surface area (Å²) in [4.78, 5) is 16.6. The van der Waals surface area contributed by atoms with Gasteiger partial charge in [-0.05, 0) is 29.8 Å². The molecule has 0 bridgehead atoms. The molecule has 1 aromatic heterocycles. The Bertz CT molecular complexity index is 856. The number of imidazole rings is 1. The molecule has 3 aromatic rings. The average molecular weight is 307 g/mol. The number of nitrogens with zero attached hydrogens (tertiary/aromatic N) is 2. The molecular formula is C18H14FN3O. The number of aromatic nitrogens is 2. The molecule has 2 aromatic carbocycles. The van der Waals surface area contributed by atoms with Gasteiger partial charge in [0.15, 0.2) is 0 Å². The van der Waals surface area contributed by atoms with Crippen LogP contribution >= 0.6 is 0 Å². The zero-order valence-electron chi connectivity index (χ0n) is 12.2. The summed E-state index contributed by atoms with van der Waals surface area (Å²) in [6.07, 6.45) is 2.02. The highest BCUT2D eigenvalue weighted by Gasteiger charge is 2.30. The fraction of sp³-hybridized carbons (Fsp3) is 0.111. The number of hydrogen-bond acceptors (Lipinski definition) is 2. The molecule has 0 unspecified atom stereocenters. The van der Waals surface area contributed by atoms with Crippen LogP contribution in [0.5, 0.6) is 0 Å². The summed E-state index contributed by atoms with van der Waals surface area (Å²) in [6, 6.07) is 16.0. The van der Waals surface area contributed by atoms with E-state index in [1.54, 1.807) is 18.5 Å². The van der Waals surface area contributed by atoms with Crippen molar-refractivity contribution in [3.8, 4) is 5.69 Å². The van der Waals surface area contributed by atoms with Gasteiger partial charge < -0.3 is 5.32 Å². The van der Waals surface area contributed by atoms with Crippen molar-refractivity contribution in [2.24, 2.45) is 0 Å². The van der Waals surface area contributed by atoms with Gasteiger partial charge in [0, 0.05) is 18.0 Å². The van der Waals surface area contributed by atoms with Crippen molar-refractivity contribution in [2.45, 2.75) is 12.3 Å². The molecule has 0 radical (unpaired) electrons. The molecule has 5 heteroatoms. The van der Waals surface area contributed by atoms with Gasteiger partial charge in [0.2, 0.25) is 5.91 Å². The van der Waals surface area contributed by atoms with Crippen LogP contribution in [0.2, 0.25) is 0 Å². The highest BCUT2D eigenvalue weighted by atomic mass is 19.1. The average Bonchev–Trinajstić information content (AvgIpc) is 2.99. The second kappa shape index (κ2) is 5.35. The SMILES string of the molecule is O=C1C[C@H](c2ccc(F)cc2)c2ncn(-c3ccccc3)c2N1. The monoisotopic (exact) mass is 307 g/mol. The number of para-hydroxylation sites is 1. The molecule has 0 fully saturated rings. The van der Waals surface area contributed by atoms with Gasteiger partial charge in [-0.15, -0.1) is 0 Å². The van der Waals surface area contributed by atoms with Gasteiger partial charge in [-0.2, -0.15) is 0 Å². The lowest BCUT2D eigenvalue weighted by atomic mass is 9.90. The number of rotatable bonds is 2. The van der Waals surface area contributed by atoms with Crippen LogP contribution < -0.4 is 5.32 Å². The molecule has 4 rings (SSSR count). The van der Waals surface area contributed by atoms with E-state index in [0.717, 1.165) is 16.9 Å². The molecule has 114 valence electrons. The molecule has 0 spiro atoms. The van der Waals surface area contributed by atoms with E-state index in [1.807, 2.05) is 34.9 Å². The van der Waals surface area contributed by atoms with Crippen molar-refractivity contribution in [1.29, 1.82) is 0 Å². The Labute approximate surface area is 132 Å². The predicted molar refractivity (Wildman–Crippen MR) is 85.1 cm³/mol. The summed E-state index contributed by atoms with van der Waals surface area (Å²) in [6.45, 7) is 0. The van der Waals surface area contributed by atoms with Crippen LogP contribution in [0, 0.1) is 5.82 Å². The van der Waals surface area contributed by atoms with Gasteiger partial charge in [-0.25, -0.2) is 9.37 Å². The lowest BCUT2D eigenvalue weighted by Gasteiger charge is -2.23. The lowest BCUT2D eigenvalue weighted by molar-refractivity contribution is -0.116. The van der Waals surface area contributed by atoms with E-state index >= 15 is 0 Å². The van der Waals surface area contributed by atoms with Crippen molar-refractivity contribution >= 4 is 11.7 Å². The van der Waals surface area contributed by atoms with E-state index in [2.05, 4.69) is 10.3 Å². The van der Waals surface area contributed by atoms with Crippen molar-refractivity contribution in [2.75, 3.05) is 5.32 Å². The molecule has 1 amide bonds. The zero-order valence-corrected chi connectivity index (χ0v) is 12.2. The van der Waals surface area contributed by atoms with Crippen LogP contribution in [0.1, 0.15) is 23.6 Å². The van der Waals surface area contributed by atoms with E-state index in [1.165, 1.54) is 12.1 Å². The molecule has 1 N–H and O–H groups in total. The Morgan fingerprint density at radius 2 is 1.83 bits per heavy atom. The molecule has 23 heavy (non-hydrogen) atoms. The quantitative estimate of drug-likeness (QED) is 0.788. The van der Waals surface area contributed by atoms with Crippen molar-refractivity contribution in [1.82, 2.24) is 9.55 Å². The minimum atomic E-state index is -0.288. The maximum atomic E-state index is 13.2. The number of benzene rings is 2. The number of carbonyl (C=O) groups excluding carboxylic acids is 1. The summed E-state index contributed by atoms with van der Waals surface area (Å²) < 4.78 is 15.0. The highest BCUT2D eigenvalue weighted by molar-refractivity contribution is 5.94. The number of nitrogens with one attached hydrogen (secondary N) is 1. The van der Waals surface area contributed by atoms with E-state index in [4.69, 9.17) is 0 Å². The number of anilines is 1. The van der Waals surface area contributed by atoms with Crippen LogP contribution in [-0.2, 0) is 4.79 Å². The first-order chi connectivity index (χ1) is 11.2. The van der Waals surface area contributed by atoms with Crippen LogP contribution in [0.3, 0.4) is 0 Å². The van der Waals surface area contributed by atoms with Crippen molar-refractivity contribution in [3.05, 3.63) is 78.0 Å². The van der Waals surface area contributed by atoms with Gasteiger partial charge in [-0.1, -0.05) is 30.3 Å². The lowest BCUT2D eigenvalue weighted by Crippen LogP contribution is -2.24. The number of amides is 1. The minimum Gasteiger partial charge on any atom is -0.310 e. The first-order valence-corrected chi connectivity index (χ1v) is 7.40. The number of halogens is 1. The standard InChI is InChI=1S/C18H14FN3O/c19-13-8-6-12(7-9-13)15-10-16(23)21-18-17(15)20-11-22(18)14-4-2-1-3-5-14/h1-9,11,15H,10H2,(H,21,23)/t15-/m1/s1. The Morgan fingerprint density at radius 3 is 2.57 bits per heavy atom. The molecule has 2 heterocycles. The molecule has 0 saturated heterocycles. The summed E-state index contributed by atoms with van der Waals surface area (Å²) in [5.41, 5.74) is 2.63. The predicted octanol–water partition coefficient (Wildman–Crippen LogP) is 3.49. The van der Waals surface area contributed by atoms with Crippen LogP contribution in [0.15, 0.2) is 60.9 Å². The topological polar surface area (TPSA) is 46.9 Å². The third-order valence-electron chi connectivity index (χ3n) is 4.08. The molecule has 1 atom stereocenters. The normalized spacial score (nSPS) is 16.7. The van der Waals surface area contributed by atoms with E-state index in [9.17, 15) is 9.18 Å². The molecule has 1 aliphatic heterocycles. The number of hydrogen-bond donors (Lipinski definition) is 1. The maximum Gasteiger partial charge on any atom is 0.226 e. The number of carbonyl (C=O) groups is 1. The Morgan fingerprint density at radius 1 is 1.09 bits per heavy atom. The Kier molecular flexibility index (Phi) is 3.19. The summed E-state index contributed by atoms with van der Waals surface area (Å²) in [5, 5.41) is 2.91. The third kappa shape index (κ3) is 2.40. The summed E-state index contributed by atoms with van der Waals surface area (Å²) >= 11 is 0. The molecule has 0 aliphatic carbocycles. The second-order valence-electron chi connectivity index (χ2n) is 5.54. The number of fused-ring (bicyclic) bond motifs is 1. The second-order valence-corrected chi connectivity index (χ2v) is 5.54. The van der Waals surface area contributed by atoms with Crippen LogP contribution in [0.4, 0.5) is 10.2 Å². The highest BCUT2D eigenvalue weighted by Crippen LogP contribution is 2.37. The van der Waals surface area contributed by atoms with Gasteiger partial charge in [-0.3, -0.25) is 9.36 Å². The molecule has 4 nitrogen and oxygen atoms in total. The molecule has 1 aliphatic rings. The van der Waals surface area contributed by atoms with Crippen LogP contribution in [-0.4, -0.2) is 15.5 Å².